The molecule has 0 amide bonds. The van der Waals surface area contributed by atoms with Crippen LogP contribution in [0.15, 0.2) is 24.3 Å². The molecular formula is C13H20FNO. The van der Waals surface area contributed by atoms with Gasteiger partial charge in [0.05, 0.1) is 13.2 Å². The Morgan fingerprint density at radius 3 is 2.25 bits per heavy atom. The Hall–Kier alpha value is -0.930. The molecule has 0 N–H and O–H groups in total. The molecule has 1 saturated heterocycles. The Kier molecular flexibility index (Phi) is 6.04. The molecule has 0 bridgehead atoms. The maximum Gasteiger partial charge on any atom is 0.123 e. The summed E-state index contributed by atoms with van der Waals surface area (Å²) in [5.41, 5.74) is 1.16. The van der Waals surface area contributed by atoms with E-state index in [1.54, 1.807) is 0 Å². The van der Waals surface area contributed by atoms with Gasteiger partial charge in [-0.25, -0.2) is 4.39 Å². The summed E-state index contributed by atoms with van der Waals surface area (Å²) in [6.45, 7) is 8.45. The number of rotatable bonds is 2. The van der Waals surface area contributed by atoms with Gasteiger partial charge in [-0.3, -0.25) is 4.90 Å². The van der Waals surface area contributed by atoms with Gasteiger partial charge in [0.1, 0.15) is 5.82 Å². The fraction of sp³-hybridized carbons (Fsp3) is 0.538. The Balaban J connectivity index is 0.000000606. The highest BCUT2D eigenvalue weighted by molar-refractivity contribution is 5.15. The van der Waals surface area contributed by atoms with Crippen molar-refractivity contribution < 1.29 is 9.13 Å². The predicted molar refractivity (Wildman–Crippen MR) is 63.8 cm³/mol. The highest BCUT2D eigenvalue weighted by Crippen LogP contribution is 2.07. The second-order valence-electron chi connectivity index (χ2n) is 3.51. The van der Waals surface area contributed by atoms with Crippen molar-refractivity contribution in [3.8, 4) is 0 Å². The van der Waals surface area contributed by atoms with Crippen molar-refractivity contribution >= 4 is 0 Å². The number of ether oxygens (including phenoxy) is 1. The summed E-state index contributed by atoms with van der Waals surface area (Å²) in [5, 5.41) is 0. The maximum atomic E-state index is 12.6. The fourth-order valence-corrected chi connectivity index (χ4v) is 1.61. The minimum absolute atomic E-state index is 0.171. The molecule has 2 rings (SSSR count). The van der Waals surface area contributed by atoms with Crippen LogP contribution in [0.2, 0.25) is 0 Å². The lowest BCUT2D eigenvalue weighted by Crippen LogP contribution is -2.35. The molecule has 90 valence electrons. The second-order valence-corrected chi connectivity index (χ2v) is 3.51. The van der Waals surface area contributed by atoms with E-state index in [9.17, 15) is 4.39 Å². The summed E-state index contributed by atoms with van der Waals surface area (Å²) in [5.74, 6) is -0.171. The summed E-state index contributed by atoms with van der Waals surface area (Å²) in [4.78, 5) is 2.32. The Labute approximate surface area is 97.0 Å². The van der Waals surface area contributed by atoms with Crippen LogP contribution >= 0.6 is 0 Å². The average molecular weight is 225 g/mol. The normalized spacial score (nSPS) is 16.4. The van der Waals surface area contributed by atoms with Crippen molar-refractivity contribution in [1.82, 2.24) is 4.90 Å². The highest BCUT2D eigenvalue weighted by Gasteiger charge is 2.10. The van der Waals surface area contributed by atoms with E-state index in [0.717, 1.165) is 38.4 Å². The smallest absolute Gasteiger partial charge is 0.123 e. The van der Waals surface area contributed by atoms with Crippen LogP contribution in [-0.2, 0) is 11.3 Å². The molecule has 1 fully saturated rings. The average Bonchev–Trinajstić information content (AvgIpc) is 2.36. The quantitative estimate of drug-likeness (QED) is 0.767. The summed E-state index contributed by atoms with van der Waals surface area (Å²) < 4.78 is 17.9. The molecule has 0 saturated carbocycles. The second kappa shape index (κ2) is 7.36. The van der Waals surface area contributed by atoms with Crippen LogP contribution in [-0.4, -0.2) is 31.2 Å². The molecule has 2 nitrogen and oxygen atoms in total. The molecule has 1 aliphatic rings. The van der Waals surface area contributed by atoms with Gasteiger partial charge < -0.3 is 4.74 Å². The van der Waals surface area contributed by atoms with Crippen LogP contribution in [0.1, 0.15) is 19.4 Å². The van der Waals surface area contributed by atoms with Gasteiger partial charge in [-0.15, -0.1) is 0 Å². The monoisotopic (exact) mass is 225 g/mol. The van der Waals surface area contributed by atoms with Crippen molar-refractivity contribution in [2.45, 2.75) is 20.4 Å². The third kappa shape index (κ3) is 4.29. The van der Waals surface area contributed by atoms with E-state index in [1.807, 2.05) is 26.0 Å². The summed E-state index contributed by atoms with van der Waals surface area (Å²) in [6, 6.07) is 6.70. The molecule has 1 aromatic carbocycles. The largest absolute Gasteiger partial charge is 0.379 e. The van der Waals surface area contributed by atoms with E-state index >= 15 is 0 Å². The first-order chi connectivity index (χ1) is 7.84. The molecule has 1 heterocycles. The molecule has 1 aliphatic heterocycles. The van der Waals surface area contributed by atoms with Gasteiger partial charge in [-0.2, -0.15) is 0 Å². The van der Waals surface area contributed by atoms with E-state index in [0.29, 0.717) is 0 Å². The topological polar surface area (TPSA) is 12.5 Å². The van der Waals surface area contributed by atoms with Crippen LogP contribution < -0.4 is 0 Å². The van der Waals surface area contributed by atoms with E-state index < -0.39 is 0 Å². The molecule has 0 radical (unpaired) electrons. The zero-order valence-electron chi connectivity index (χ0n) is 10.1. The summed E-state index contributed by atoms with van der Waals surface area (Å²) in [6.07, 6.45) is 0. The van der Waals surface area contributed by atoms with Gasteiger partial charge in [0.15, 0.2) is 0 Å². The van der Waals surface area contributed by atoms with Crippen molar-refractivity contribution in [3.05, 3.63) is 35.6 Å². The number of nitrogens with zero attached hydrogens (tertiary/aromatic N) is 1. The third-order valence-electron chi connectivity index (χ3n) is 2.42. The van der Waals surface area contributed by atoms with Gasteiger partial charge in [0.2, 0.25) is 0 Å². The minimum Gasteiger partial charge on any atom is -0.379 e. The first kappa shape index (κ1) is 13.1. The highest BCUT2D eigenvalue weighted by atomic mass is 19.1. The molecule has 1 aromatic rings. The molecule has 0 atom stereocenters. The van der Waals surface area contributed by atoms with Gasteiger partial charge in [-0.05, 0) is 17.7 Å². The van der Waals surface area contributed by atoms with Gasteiger partial charge >= 0.3 is 0 Å². The lowest BCUT2D eigenvalue weighted by atomic mass is 10.2. The lowest BCUT2D eigenvalue weighted by Gasteiger charge is -2.26. The molecule has 16 heavy (non-hydrogen) atoms. The Morgan fingerprint density at radius 1 is 1.12 bits per heavy atom. The van der Waals surface area contributed by atoms with Gasteiger partial charge in [0, 0.05) is 19.6 Å². The van der Waals surface area contributed by atoms with Gasteiger partial charge in [0.25, 0.3) is 0 Å². The van der Waals surface area contributed by atoms with E-state index in [4.69, 9.17) is 4.74 Å². The molecule has 0 aromatic heterocycles. The number of halogens is 1. The van der Waals surface area contributed by atoms with Crippen LogP contribution in [0.25, 0.3) is 0 Å². The molecule has 0 aliphatic carbocycles. The zero-order valence-corrected chi connectivity index (χ0v) is 10.1. The van der Waals surface area contributed by atoms with Crippen molar-refractivity contribution in [2.75, 3.05) is 26.3 Å². The molecule has 0 spiro atoms. The lowest BCUT2D eigenvalue weighted by molar-refractivity contribution is 0.0342. The Morgan fingerprint density at radius 2 is 1.69 bits per heavy atom. The van der Waals surface area contributed by atoms with Crippen molar-refractivity contribution in [2.24, 2.45) is 0 Å². The number of hydrogen-bond donors (Lipinski definition) is 0. The molecule has 3 heteroatoms. The molecule has 0 unspecified atom stereocenters. The predicted octanol–water partition coefficient (Wildman–Crippen LogP) is 2.68. The van der Waals surface area contributed by atoms with Crippen molar-refractivity contribution in [3.63, 3.8) is 0 Å². The summed E-state index contributed by atoms with van der Waals surface area (Å²) >= 11 is 0. The van der Waals surface area contributed by atoms with Crippen LogP contribution in [0.5, 0.6) is 0 Å². The third-order valence-corrected chi connectivity index (χ3v) is 2.42. The first-order valence-corrected chi connectivity index (χ1v) is 5.89. The SMILES string of the molecule is CC.Fc1ccc(CN2CCOCC2)cc1. The van der Waals surface area contributed by atoms with Crippen LogP contribution in [0, 0.1) is 5.82 Å². The molecular weight excluding hydrogens is 205 g/mol. The van der Waals surface area contributed by atoms with Gasteiger partial charge in [-0.1, -0.05) is 26.0 Å². The van der Waals surface area contributed by atoms with Crippen LogP contribution in [0.3, 0.4) is 0 Å². The van der Waals surface area contributed by atoms with E-state index in [1.165, 1.54) is 12.1 Å². The standard InChI is InChI=1S/C11H14FNO.C2H6/c12-11-3-1-10(2-4-11)9-13-5-7-14-8-6-13;1-2/h1-4H,5-9H2;1-2H3. The number of hydrogen-bond acceptors (Lipinski definition) is 2. The van der Waals surface area contributed by atoms with Crippen LogP contribution in [0.4, 0.5) is 4.39 Å². The number of morpholine rings is 1. The Bertz CT molecular complexity index is 280. The first-order valence-electron chi connectivity index (χ1n) is 5.89. The van der Waals surface area contributed by atoms with E-state index in [2.05, 4.69) is 4.90 Å². The summed E-state index contributed by atoms with van der Waals surface area (Å²) in [7, 11) is 0. The number of benzene rings is 1. The fourth-order valence-electron chi connectivity index (χ4n) is 1.61. The van der Waals surface area contributed by atoms with Crippen molar-refractivity contribution in [1.29, 1.82) is 0 Å². The maximum absolute atomic E-state index is 12.6. The minimum atomic E-state index is -0.171. The zero-order chi connectivity index (χ0) is 11.8. The van der Waals surface area contributed by atoms with E-state index in [-0.39, 0.29) is 5.82 Å².